The summed E-state index contributed by atoms with van der Waals surface area (Å²) in [6, 6.07) is 5.92. The molecule has 3 N–H and O–H groups in total. The number of hydrogen-bond acceptors (Lipinski definition) is 5. The summed E-state index contributed by atoms with van der Waals surface area (Å²) in [7, 11) is -7.01. The van der Waals surface area contributed by atoms with E-state index < -0.39 is 20.0 Å². The average Bonchev–Trinajstić information content (AvgIpc) is 3.19. The molecule has 0 aromatic heterocycles. The summed E-state index contributed by atoms with van der Waals surface area (Å²) in [6.45, 7) is 1.84. The van der Waals surface area contributed by atoms with Crippen molar-refractivity contribution >= 4 is 20.0 Å². The molecule has 0 bridgehead atoms. The van der Waals surface area contributed by atoms with Gasteiger partial charge in [0.15, 0.2) is 9.84 Å². The van der Waals surface area contributed by atoms with Crippen LogP contribution in [0.15, 0.2) is 40.6 Å². The zero-order chi connectivity index (χ0) is 17.0. The Hall–Kier alpha value is -1.22. The lowest BCUT2D eigenvalue weighted by Crippen LogP contribution is -2.19. The maximum Gasteiger partial charge on any atom is 0.294 e. The quantitative estimate of drug-likeness (QED) is 0.798. The molecule has 0 spiro atoms. The van der Waals surface area contributed by atoms with Crippen LogP contribution in [0, 0.1) is 12.8 Å². The van der Waals surface area contributed by atoms with Crippen molar-refractivity contribution < 1.29 is 21.4 Å². The lowest BCUT2D eigenvalue weighted by Gasteiger charge is -2.00. The van der Waals surface area contributed by atoms with E-state index in [1.54, 1.807) is 18.2 Å². The van der Waals surface area contributed by atoms with Gasteiger partial charge < -0.3 is 5.73 Å². The monoisotopic (exact) mass is 347 g/mol. The largest absolute Gasteiger partial charge is 0.324 e. The average molecular weight is 347 g/mol. The molecule has 0 unspecified atom stereocenters. The highest BCUT2D eigenvalue weighted by Crippen LogP contribution is 2.31. The maximum atomic E-state index is 10.6. The number of rotatable bonds is 4. The zero-order valence-corrected chi connectivity index (χ0v) is 14.1. The van der Waals surface area contributed by atoms with E-state index in [-0.39, 0.29) is 10.9 Å². The van der Waals surface area contributed by atoms with Gasteiger partial charge in [-0.1, -0.05) is 23.8 Å². The molecule has 0 saturated heterocycles. The Morgan fingerprint density at radius 1 is 1.18 bits per heavy atom. The fourth-order valence-corrected chi connectivity index (χ4v) is 2.53. The van der Waals surface area contributed by atoms with Crippen molar-refractivity contribution in [2.45, 2.75) is 30.7 Å². The minimum Gasteiger partial charge on any atom is -0.324 e. The van der Waals surface area contributed by atoms with Crippen LogP contribution >= 0.6 is 0 Å². The van der Waals surface area contributed by atoms with Gasteiger partial charge in [-0.3, -0.25) is 4.55 Å². The van der Waals surface area contributed by atoms with Gasteiger partial charge in [-0.25, -0.2) is 8.42 Å². The Bertz CT molecular complexity index is 717. The van der Waals surface area contributed by atoms with Crippen LogP contribution in [0.1, 0.15) is 18.4 Å². The van der Waals surface area contributed by atoms with E-state index >= 15 is 0 Å². The molecule has 0 amide bonds. The molecule has 6 nitrogen and oxygen atoms in total. The Balaban J connectivity index is 0.000000220. The standard InChI is InChI=1S/C7H13NO2S.C7H8O3S/c1-11(9,10)5-4-7(8)6-2-3-6;1-6-2-4-7(5-3-6)11(8,9)10/h4-7H,2-3,8H2,1H3;2-5H,1H3,(H,8,9,10)/b5-4+;/t7-;/m1./s1. The molecule has 1 aliphatic rings. The summed E-state index contributed by atoms with van der Waals surface area (Å²) < 4.78 is 50.8. The second-order valence-corrected chi connectivity index (χ2v) is 8.71. The maximum absolute atomic E-state index is 10.6. The van der Waals surface area contributed by atoms with Crippen molar-refractivity contribution in [2.24, 2.45) is 11.7 Å². The molecule has 2 rings (SSSR count). The minimum absolute atomic E-state index is 0.0651. The van der Waals surface area contributed by atoms with Crippen LogP contribution in [0.4, 0.5) is 0 Å². The Kier molecular flexibility index (Phi) is 6.30. The van der Waals surface area contributed by atoms with Crippen molar-refractivity contribution in [3.63, 3.8) is 0 Å². The number of sulfone groups is 1. The van der Waals surface area contributed by atoms with E-state index in [1.807, 2.05) is 6.92 Å². The van der Waals surface area contributed by atoms with Crippen molar-refractivity contribution in [3.8, 4) is 0 Å². The van der Waals surface area contributed by atoms with Gasteiger partial charge in [-0.05, 0) is 37.8 Å². The highest BCUT2D eigenvalue weighted by atomic mass is 32.2. The molecule has 124 valence electrons. The van der Waals surface area contributed by atoms with Crippen LogP contribution in [0.2, 0.25) is 0 Å². The predicted octanol–water partition coefficient (Wildman–Crippen LogP) is 1.52. The summed E-state index contributed by atoms with van der Waals surface area (Å²) in [5.41, 5.74) is 6.59. The van der Waals surface area contributed by atoms with Gasteiger partial charge >= 0.3 is 0 Å². The third-order valence-electron chi connectivity index (χ3n) is 3.03. The van der Waals surface area contributed by atoms with E-state index in [4.69, 9.17) is 10.3 Å². The lowest BCUT2D eigenvalue weighted by molar-refractivity contribution is 0.483. The van der Waals surface area contributed by atoms with Gasteiger partial charge in [0.25, 0.3) is 10.1 Å². The number of hydrogen-bond donors (Lipinski definition) is 2. The lowest BCUT2D eigenvalue weighted by atomic mass is 10.2. The summed E-state index contributed by atoms with van der Waals surface area (Å²) in [4.78, 5) is -0.0666. The fourth-order valence-electron chi connectivity index (χ4n) is 1.58. The Morgan fingerprint density at radius 2 is 1.68 bits per heavy atom. The molecule has 1 saturated carbocycles. The molecular formula is C14H21NO5S2. The van der Waals surface area contributed by atoms with E-state index in [9.17, 15) is 16.8 Å². The predicted molar refractivity (Wildman–Crippen MR) is 85.7 cm³/mol. The van der Waals surface area contributed by atoms with E-state index in [1.165, 1.54) is 23.8 Å². The zero-order valence-electron chi connectivity index (χ0n) is 12.5. The van der Waals surface area contributed by atoms with Gasteiger partial charge in [0, 0.05) is 17.7 Å². The van der Waals surface area contributed by atoms with Crippen LogP contribution in [0.5, 0.6) is 0 Å². The van der Waals surface area contributed by atoms with E-state index in [0.29, 0.717) is 5.92 Å². The molecule has 8 heteroatoms. The summed E-state index contributed by atoms with van der Waals surface area (Å²) in [6.07, 6.45) is 5.01. The molecule has 0 aliphatic heterocycles. The smallest absolute Gasteiger partial charge is 0.294 e. The normalized spacial score (nSPS) is 16.9. The van der Waals surface area contributed by atoms with Crippen LogP contribution in [-0.2, 0) is 20.0 Å². The van der Waals surface area contributed by atoms with Gasteiger partial charge in [0.1, 0.15) is 0 Å². The second-order valence-electron chi connectivity index (χ2n) is 5.36. The molecule has 0 heterocycles. The van der Waals surface area contributed by atoms with Crippen molar-refractivity contribution in [3.05, 3.63) is 41.3 Å². The fraction of sp³-hybridized carbons (Fsp3) is 0.429. The van der Waals surface area contributed by atoms with Crippen LogP contribution < -0.4 is 5.73 Å². The first-order valence-corrected chi connectivity index (χ1v) is 10.1. The molecule has 0 radical (unpaired) electrons. The van der Waals surface area contributed by atoms with Crippen LogP contribution in [0.3, 0.4) is 0 Å². The van der Waals surface area contributed by atoms with Gasteiger partial charge in [0.05, 0.1) is 4.90 Å². The highest BCUT2D eigenvalue weighted by molar-refractivity contribution is 7.93. The molecule has 1 aromatic carbocycles. The molecule has 1 atom stereocenters. The number of aryl methyl sites for hydroxylation is 1. The second kappa shape index (κ2) is 7.36. The minimum atomic E-state index is -4.02. The van der Waals surface area contributed by atoms with Crippen molar-refractivity contribution in [1.82, 2.24) is 0 Å². The number of nitrogens with two attached hydrogens (primary N) is 1. The SMILES string of the molecule is CS(=O)(=O)/C=C/[C@@H](N)C1CC1.Cc1ccc(S(=O)(=O)O)cc1. The first-order chi connectivity index (χ1) is 9.99. The van der Waals surface area contributed by atoms with Gasteiger partial charge in [0.2, 0.25) is 0 Å². The van der Waals surface area contributed by atoms with E-state index in [2.05, 4.69) is 0 Å². The summed E-state index contributed by atoms with van der Waals surface area (Å²) in [5.74, 6) is 0.521. The van der Waals surface area contributed by atoms with Gasteiger partial charge in [-0.15, -0.1) is 0 Å². The molecule has 1 aromatic rings. The number of benzene rings is 1. The first kappa shape index (κ1) is 18.8. The topological polar surface area (TPSA) is 115 Å². The first-order valence-electron chi connectivity index (χ1n) is 6.67. The van der Waals surface area contributed by atoms with E-state index in [0.717, 1.165) is 18.4 Å². The summed E-state index contributed by atoms with van der Waals surface area (Å²) in [5, 5.41) is 1.19. The summed E-state index contributed by atoms with van der Waals surface area (Å²) >= 11 is 0. The van der Waals surface area contributed by atoms with Crippen LogP contribution in [-0.4, -0.2) is 33.7 Å². The van der Waals surface area contributed by atoms with Crippen LogP contribution in [0.25, 0.3) is 0 Å². The highest BCUT2D eigenvalue weighted by Gasteiger charge is 2.26. The molecule has 1 aliphatic carbocycles. The molecular weight excluding hydrogens is 326 g/mol. The molecule has 22 heavy (non-hydrogen) atoms. The van der Waals surface area contributed by atoms with Gasteiger partial charge in [-0.2, -0.15) is 8.42 Å². The molecule has 1 fully saturated rings. The Morgan fingerprint density at radius 3 is 2.05 bits per heavy atom. The van der Waals surface area contributed by atoms with Crippen molar-refractivity contribution in [1.29, 1.82) is 0 Å². The Labute approximate surface area is 131 Å². The third-order valence-corrected chi connectivity index (χ3v) is 4.55. The third kappa shape index (κ3) is 7.69. The van der Waals surface area contributed by atoms with Crippen molar-refractivity contribution in [2.75, 3.05) is 6.26 Å².